The van der Waals surface area contributed by atoms with Gasteiger partial charge in [-0.2, -0.15) is 0 Å². The molecule has 1 amide bonds. The summed E-state index contributed by atoms with van der Waals surface area (Å²) >= 11 is 0. The largest absolute Gasteiger partial charge is 0.497 e. The Morgan fingerprint density at radius 3 is 2.77 bits per heavy atom. The summed E-state index contributed by atoms with van der Waals surface area (Å²) in [5, 5.41) is 2.86. The van der Waals surface area contributed by atoms with Crippen LogP contribution in [0.25, 0.3) is 0 Å². The van der Waals surface area contributed by atoms with E-state index in [1.54, 1.807) is 7.11 Å². The first-order valence-corrected chi connectivity index (χ1v) is 9.25. The van der Waals surface area contributed by atoms with Crippen LogP contribution in [0.3, 0.4) is 0 Å². The SMILES string of the molecule is CCC(C)C(NC(=O)CN1CCCC1c1cccc(OC)c1)C(=O)OC. The van der Waals surface area contributed by atoms with Crippen LogP contribution >= 0.6 is 0 Å². The minimum Gasteiger partial charge on any atom is -0.497 e. The molecule has 144 valence electrons. The third kappa shape index (κ3) is 4.97. The summed E-state index contributed by atoms with van der Waals surface area (Å²) in [5.74, 6) is 0.314. The Morgan fingerprint density at radius 2 is 2.12 bits per heavy atom. The Hall–Kier alpha value is -2.08. The van der Waals surface area contributed by atoms with Crippen molar-refractivity contribution in [2.45, 2.75) is 45.2 Å². The van der Waals surface area contributed by atoms with Gasteiger partial charge in [-0.25, -0.2) is 4.79 Å². The first-order valence-electron chi connectivity index (χ1n) is 9.25. The standard InChI is InChI=1S/C20H30N2O4/c1-5-14(2)19(20(24)26-4)21-18(23)13-22-11-7-10-17(22)15-8-6-9-16(12-15)25-3/h6,8-9,12,14,17,19H,5,7,10-11,13H2,1-4H3,(H,21,23). The maximum atomic E-state index is 12.6. The average Bonchev–Trinajstić information content (AvgIpc) is 3.12. The van der Waals surface area contributed by atoms with Crippen LogP contribution in [0.1, 0.15) is 44.7 Å². The van der Waals surface area contributed by atoms with E-state index in [4.69, 9.17) is 9.47 Å². The van der Waals surface area contributed by atoms with Crippen LogP contribution in [0.5, 0.6) is 5.75 Å². The molecule has 1 aliphatic rings. The summed E-state index contributed by atoms with van der Waals surface area (Å²) in [6.07, 6.45) is 2.84. The van der Waals surface area contributed by atoms with Crippen molar-refractivity contribution >= 4 is 11.9 Å². The molecule has 2 rings (SSSR count). The molecule has 0 radical (unpaired) electrons. The van der Waals surface area contributed by atoms with E-state index in [1.807, 2.05) is 32.0 Å². The number of rotatable bonds is 8. The van der Waals surface area contributed by atoms with Crippen LogP contribution in [0.15, 0.2) is 24.3 Å². The molecule has 1 aromatic rings. The first-order chi connectivity index (χ1) is 12.5. The fourth-order valence-electron chi connectivity index (χ4n) is 3.44. The molecular formula is C20H30N2O4. The topological polar surface area (TPSA) is 67.9 Å². The van der Waals surface area contributed by atoms with Crippen molar-refractivity contribution in [1.82, 2.24) is 10.2 Å². The van der Waals surface area contributed by atoms with Gasteiger partial charge in [0.05, 0.1) is 20.8 Å². The lowest BCUT2D eigenvalue weighted by molar-refractivity contribution is -0.146. The molecule has 0 saturated carbocycles. The molecule has 1 fully saturated rings. The van der Waals surface area contributed by atoms with E-state index in [0.29, 0.717) is 0 Å². The van der Waals surface area contributed by atoms with Crippen molar-refractivity contribution in [1.29, 1.82) is 0 Å². The second kappa shape index (κ2) is 9.57. The van der Waals surface area contributed by atoms with E-state index in [2.05, 4.69) is 16.3 Å². The second-order valence-electron chi connectivity index (χ2n) is 6.86. The van der Waals surface area contributed by atoms with Gasteiger partial charge in [-0.05, 0) is 43.0 Å². The number of likely N-dealkylation sites (tertiary alicyclic amines) is 1. The Kier molecular flexibility index (Phi) is 7.45. The van der Waals surface area contributed by atoms with E-state index in [0.717, 1.165) is 37.1 Å². The Bertz CT molecular complexity index is 620. The van der Waals surface area contributed by atoms with Gasteiger partial charge in [0.1, 0.15) is 11.8 Å². The van der Waals surface area contributed by atoms with Crippen molar-refractivity contribution < 1.29 is 19.1 Å². The van der Waals surface area contributed by atoms with E-state index < -0.39 is 12.0 Å². The lowest BCUT2D eigenvalue weighted by atomic mass is 9.99. The predicted molar refractivity (Wildman–Crippen MR) is 99.9 cm³/mol. The number of methoxy groups -OCH3 is 2. The van der Waals surface area contributed by atoms with E-state index in [-0.39, 0.29) is 24.4 Å². The number of hydrogen-bond donors (Lipinski definition) is 1. The van der Waals surface area contributed by atoms with Gasteiger partial charge in [0.15, 0.2) is 0 Å². The summed E-state index contributed by atoms with van der Waals surface area (Å²) in [6.45, 7) is 5.07. The van der Waals surface area contributed by atoms with Gasteiger partial charge in [0, 0.05) is 6.04 Å². The lowest BCUT2D eigenvalue weighted by Crippen LogP contribution is -2.48. The Labute approximate surface area is 155 Å². The van der Waals surface area contributed by atoms with Crippen molar-refractivity contribution in [3.05, 3.63) is 29.8 Å². The fourth-order valence-corrected chi connectivity index (χ4v) is 3.44. The molecule has 0 aromatic heterocycles. The number of esters is 1. The van der Waals surface area contributed by atoms with Gasteiger partial charge in [0.25, 0.3) is 0 Å². The summed E-state index contributed by atoms with van der Waals surface area (Å²) in [7, 11) is 3.00. The van der Waals surface area contributed by atoms with Crippen LogP contribution < -0.4 is 10.1 Å². The van der Waals surface area contributed by atoms with Gasteiger partial charge >= 0.3 is 5.97 Å². The van der Waals surface area contributed by atoms with Crippen LogP contribution in [-0.4, -0.2) is 50.1 Å². The zero-order valence-electron chi connectivity index (χ0n) is 16.2. The second-order valence-corrected chi connectivity index (χ2v) is 6.86. The highest BCUT2D eigenvalue weighted by atomic mass is 16.5. The molecule has 0 bridgehead atoms. The number of carbonyl (C=O) groups excluding carboxylic acids is 2. The van der Waals surface area contributed by atoms with Crippen molar-refractivity contribution in [3.8, 4) is 5.75 Å². The molecule has 3 unspecified atom stereocenters. The van der Waals surface area contributed by atoms with Gasteiger partial charge in [0.2, 0.25) is 5.91 Å². The van der Waals surface area contributed by atoms with E-state index >= 15 is 0 Å². The first kappa shape index (κ1) is 20.2. The van der Waals surface area contributed by atoms with E-state index in [1.165, 1.54) is 7.11 Å². The molecule has 6 heteroatoms. The number of nitrogens with zero attached hydrogens (tertiary/aromatic N) is 1. The summed E-state index contributed by atoms with van der Waals surface area (Å²) < 4.78 is 10.2. The Morgan fingerprint density at radius 1 is 1.35 bits per heavy atom. The highest BCUT2D eigenvalue weighted by Gasteiger charge is 2.31. The summed E-state index contributed by atoms with van der Waals surface area (Å²) in [5.41, 5.74) is 1.15. The maximum absolute atomic E-state index is 12.6. The minimum absolute atomic E-state index is 0.0270. The normalized spacial score (nSPS) is 19.6. The average molecular weight is 362 g/mol. The molecule has 6 nitrogen and oxygen atoms in total. The smallest absolute Gasteiger partial charge is 0.328 e. The minimum atomic E-state index is -0.602. The molecule has 1 N–H and O–H groups in total. The van der Waals surface area contributed by atoms with Crippen molar-refractivity contribution in [3.63, 3.8) is 0 Å². The van der Waals surface area contributed by atoms with Gasteiger partial charge in [-0.3, -0.25) is 9.69 Å². The molecule has 1 aliphatic heterocycles. The van der Waals surface area contributed by atoms with Gasteiger partial charge in [-0.1, -0.05) is 32.4 Å². The number of carbonyl (C=O) groups is 2. The van der Waals surface area contributed by atoms with E-state index in [9.17, 15) is 9.59 Å². The quantitative estimate of drug-likeness (QED) is 0.720. The molecule has 3 atom stereocenters. The maximum Gasteiger partial charge on any atom is 0.328 e. The zero-order valence-corrected chi connectivity index (χ0v) is 16.2. The number of hydrogen-bond acceptors (Lipinski definition) is 5. The van der Waals surface area contributed by atoms with Crippen LogP contribution in [-0.2, 0) is 14.3 Å². The van der Waals surface area contributed by atoms with Crippen LogP contribution in [0, 0.1) is 5.92 Å². The van der Waals surface area contributed by atoms with Gasteiger partial charge < -0.3 is 14.8 Å². The fraction of sp³-hybridized carbons (Fsp3) is 0.600. The predicted octanol–water partition coefficient (Wildman–Crippen LogP) is 2.54. The third-order valence-corrected chi connectivity index (χ3v) is 5.17. The molecule has 0 spiro atoms. The van der Waals surface area contributed by atoms with Crippen LogP contribution in [0.4, 0.5) is 0 Å². The monoisotopic (exact) mass is 362 g/mol. The summed E-state index contributed by atoms with van der Waals surface area (Å²) in [4.78, 5) is 26.7. The summed E-state index contributed by atoms with van der Waals surface area (Å²) in [6, 6.07) is 7.58. The number of amides is 1. The number of ether oxygens (including phenoxy) is 2. The highest BCUT2D eigenvalue weighted by molar-refractivity contribution is 5.85. The number of nitrogens with one attached hydrogen (secondary N) is 1. The molecule has 26 heavy (non-hydrogen) atoms. The molecule has 1 aromatic carbocycles. The molecule has 1 heterocycles. The molecule has 1 saturated heterocycles. The van der Waals surface area contributed by atoms with Crippen molar-refractivity contribution in [2.75, 3.05) is 27.3 Å². The third-order valence-electron chi connectivity index (χ3n) is 5.17. The zero-order chi connectivity index (χ0) is 19.1. The molecular weight excluding hydrogens is 332 g/mol. The van der Waals surface area contributed by atoms with Crippen molar-refractivity contribution in [2.24, 2.45) is 5.92 Å². The van der Waals surface area contributed by atoms with Gasteiger partial charge in [-0.15, -0.1) is 0 Å². The molecule has 0 aliphatic carbocycles. The van der Waals surface area contributed by atoms with Crippen LogP contribution in [0.2, 0.25) is 0 Å². The lowest BCUT2D eigenvalue weighted by Gasteiger charge is -2.27. The Balaban J connectivity index is 2.03. The number of benzene rings is 1. The highest BCUT2D eigenvalue weighted by Crippen LogP contribution is 2.33.